The van der Waals surface area contributed by atoms with Crippen LogP contribution in [0.4, 0.5) is 5.95 Å². The molecule has 2 rings (SSSR count). The molecule has 1 fully saturated rings. The molecule has 1 aliphatic heterocycles. The van der Waals surface area contributed by atoms with Crippen LogP contribution in [0, 0.1) is 0 Å². The molecule has 0 saturated carbocycles. The summed E-state index contributed by atoms with van der Waals surface area (Å²) in [6, 6.07) is 0. The van der Waals surface area contributed by atoms with Gasteiger partial charge in [0.15, 0.2) is 12.5 Å². The Hall–Kier alpha value is -2.04. The molecule has 154 valence electrons. The number of hydrogen-bond donors (Lipinski definition) is 8. The smallest absolute Gasteiger partial charge is 0.354 e. The molecule has 3 unspecified atom stereocenters. The summed E-state index contributed by atoms with van der Waals surface area (Å²) in [5.74, 6) is -0.196. The highest BCUT2D eigenvalue weighted by Crippen LogP contribution is 2.27. The van der Waals surface area contributed by atoms with Crippen molar-refractivity contribution in [3.8, 4) is 0 Å². The average Bonchev–Trinajstić information content (AvgIpc) is 2.94. The maximum absolute atomic E-state index is 11.5. The summed E-state index contributed by atoms with van der Waals surface area (Å²) in [4.78, 5) is 28.2. The zero-order chi connectivity index (χ0) is 20.7. The molecule has 14 nitrogen and oxygen atoms in total. The Labute approximate surface area is 151 Å². The Morgan fingerprint density at radius 3 is 2.33 bits per heavy atom. The largest absolute Gasteiger partial charge is 0.394 e. The van der Waals surface area contributed by atoms with E-state index >= 15 is 0 Å². The van der Waals surface area contributed by atoms with Gasteiger partial charge in [0.1, 0.15) is 43.0 Å². The highest BCUT2D eigenvalue weighted by Gasteiger charge is 2.43. The van der Waals surface area contributed by atoms with Crippen LogP contribution in [0.15, 0.2) is 11.1 Å². The number of nitrogens with zero attached hydrogens (tertiary/aromatic N) is 3. The van der Waals surface area contributed by atoms with E-state index in [-0.39, 0.29) is 12.2 Å². The van der Waals surface area contributed by atoms with Crippen molar-refractivity contribution in [2.45, 2.75) is 42.9 Å². The van der Waals surface area contributed by atoms with E-state index in [1.165, 1.54) is 0 Å². The number of ether oxygens (including phenoxy) is 1. The lowest BCUT2D eigenvalue weighted by molar-refractivity contribution is -0.127. The minimum Gasteiger partial charge on any atom is -0.394 e. The molecule has 0 aliphatic carbocycles. The van der Waals surface area contributed by atoms with Crippen LogP contribution in [0.2, 0.25) is 0 Å². The summed E-state index contributed by atoms with van der Waals surface area (Å²) in [7, 11) is 0. The van der Waals surface area contributed by atoms with E-state index < -0.39 is 61.8 Å². The van der Waals surface area contributed by atoms with Crippen LogP contribution in [0.3, 0.4) is 0 Å². The zero-order valence-electron chi connectivity index (χ0n) is 13.9. The van der Waals surface area contributed by atoms with Crippen LogP contribution in [-0.4, -0.2) is 106 Å². The second kappa shape index (κ2) is 10.3. The molecule has 0 radical (unpaired) electrons. The highest BCUT2D eigenvalue weighted by atomic mass is 16.6. The lowest BCUT2D eigenvalue weighted by atomic mass is 10.1. The first-order chi connectivity index (χ1) is 12.7. The highest BCUT2D eigenvalue weighted by molar-refractivity contribution is 5.56. The van der Waals surface area contributed by atoms with Gasteiger partial charge in [-0.15, -0.1) is 0 Å². The number of nitrogens with two attached hydrogens (primary N) is 1. The van der Waals surface area contributed by atoms with Crippen LogP contribution in [0.5, 0.6) is 0 Å². The van der Waals surface area contributed by atoms with Crippen LogP contribution in [0.1, 0.15) is 6.23 Å². The predicted octanol–water partition coefficient (Wildman–Crippen LogP) is -5.91. The number of carbonyl (C=O) groups excluding carboxylic acids is 1. The van der Waals surface area contributed by atoms with Crippen molar-refractivity contribution in [3.05, 3.63) is 16.8 Å². The Bertz CT molecular complexity index is 658. The molecule has 0 amide bonds. The SMILES string of the molecule is Nc1ncn([C@@H]2O[C@H](CO)[C@@H](O)[C@H]2O)c(=O)n1.O=CC(O)C(O)C(O)CO. The molecular weight excluding hydrogens is 372 g/mol. The fourth-order valence-corrected chi connectivity index (χ4v) is 2.06. The normalized spacial score (nSPS) is 28.0. The van der Waals surface area contributed by atoms with Gasteiger partial charge >= 0.3 is 5.69 Å². The van der Waals surface area contributed by atoms with Crippen LogP contribution < -0.4 is 11.4 Å². The van der Waals surface area contributed by atoms with Crippen LogP contribution in [-0.2, 0) is 9.53 Å². The summed E-state index contributed by atoms with van der Waals surface area (Å²) in [6.45, 7) is -1.16. The predicted molar refractivity (Wildman–Crippen MR) is 84.9 cm³/mol. The van der Waals surface area contributed by atoms with E-state index in [1.54, 1.807) is 0 Å². The van der Waals surface area contributed by atoms with Gasteiger partial charge in [0.2, 0.25) is 5.95 Å². The van der Waals surface area contributed by atoms with Gasteiger partial charge in [0, 0.05) is 0 Å². The molecule has 27 heavy (non-hydrogen) atoms. The third-order valence-electron chi connectivity index (χ3n) is 3.61. The topological polar surface area (TPSA) is 242 Å². The standard InChI is InChI=1S/C8H12N4O5.C5H10O5/c9-7-10-2-12(8(16)11-7)6-5(15)4(14)3(1-13)17-6;6-1-3(8)5(10)4(9)2-7/h2-6,13-15H,1H2,(H2,9,11,16);1,3-5,7-10H,2H2/t3-,4-,5-,6-;/m1./s1. The van der Waals surface area contributed by atoms with Crippen LogP contribution in [0.25, 0.3) is 0 Å². The Morgan fingerprint density at radius 1 is 1.26 bits per heavy atom. The molecule has 1 saturated heterocycles. The van der Waals surface area contributed by atoms with E-state index in [2.05, 4.69) is 9.97 Å². The summed E-state index contributed by atoms with van der Waals surface area (Å²) in [5, 5.41) is 62.1. The summed E-state index contributed by atoms with van der Waals surface area (Å²) in [6.07, 6.45) is -8.31. The number of rotatable bonds is 6. The van der Waals surface area contributed by atoms with Crippen molar-refractivity contribution in [2.75, 3.05) is 18.9 Å². The summed E-state index contributed by atoms with van der Waals surface area (Å²) >= 11 is 0. The van der Waals surface area contributed by atoms with Crippen molar-refractivity contribution in [2.24, 2.45) is 0 Å². The van der Waals surface area contributed by atoms with Gasteiger partial charge < -0.3 is 51.0 Å². The van der Waals surface area contributed by atoms with E-state index in [4.69, 9.17) is 36.0 Å². The average molecular weight is 394 g/mol. The fraction of sp³-hybridized carbons (Fsp3) is 0.692. The summed E-state index contributed by atoms with van der Waals surface area (Å²) in [5.41, 5.74) is 4.46. The first-order valence-electron chi connectivity index (χ1n) is 7.61. The molecule has 9 N–H and O–H groups in total. The monoisotopic (exact) mass is 394 g/mol. The van der Waals surface area contributed by atoms with Crippen molar-refractivity contribution in [3.63, 3.8) is 0 Å². The minimum atomic E-state index is -1.64. The van der Waals surface area contributed by atoms with Crippen molar-refractivity contribution < 1.29 is 45.3 Å². The van der Waals surface area contributed by atoms with Gasteiger partial charge in [-0.2, -0.15) is 4.98 Å². The van der Waals surface area contributed by atoms with Crippen molar-refractivity contribution >= 4 is 12.2 Å². The molecule has 0 aromatic carbocycles. The molecular formula is C13H22N4O10. The Kier molecular flexibility index (Phi) is 8.80. The number of nitrogen functional groups attached to an aromatic ring is 1. The maximum Gasteiger partial charge on any atom is 0.354 e. The first kappa shape index (κ1) is 23.0. The number of aldehydes is 1. The zero-order valence-corrected chi connectivity index (χ0v) is 13.9. The molecule has 2 heterocycles. The van der Waals surface area contributed by atoms with Crippen LogP contribution >= 0.6 is 0 Å². The molecule has 7 atom stereocenters. The van der Waals surface area contributed by atoms with Gasteiger partial charge in [-0.1, -0.05) is 0 Å². The molecule has 1 aromatic heterocycles. The second-order valence-corrected chi connectivity index (χ2v) is 5.50. The third-order valence-corrected chi connectivity index (χ3v) is 3.61. The molecule has 14 heteroatoms. The number of aliphatic hydroxyl groups is 7. The van der Waals surface area contributed by atoms with Crippen molar-refractivity contribution in [1.29, 1.82) is 0 Å². The van der Waals surface area contributed by atoms with Gasteiger partial charge in [0.05, 0.1) is 13.2 Å². The van der Waals surface area contributed by atoms with E-state index in [0.717, 1.165) is 10.9 Å². The Balaban J connectivity index is 0.000000314. The van der Waals surface area contributed by atoms with Gasteiger partial charge in [0.25, 0.3) is 0 Å². The quantitative estimate of drug-likeness (QED) is 0.210. The van der Waals surface area contributed by atoms with Crippen molar-refractivity contribution in [1.82, 2.24) is 14.5 Å². The third kappa shape index (κ3) is 5.72. The number of aromatic nitrogens is 3. The van der Waals surface area contributed by atoms with E-state index in [1.807, 2.05) is 0 Å². The molecule has 1 aliphatic rings. The second-order valence-electron chi connectivity index (χ2n) is 5.50. The van der Waals surface area contributed by atoms with Gasteiger partial charge in [-0.05, 0) is 0 Å². The molecule has 0 spiro atoms. The number of aliphatic hydroxyl groups excluding tert-OH is 7. The number of hydrogen-bond acceptors (Lipinski definition) is 13. The Morgan fingerprint density at radius 2 is 1.89 bits per heavy atom. The van der Waals surface area contributed by atoms with Gasteiger partial charge in [-0.25, -0.2) is 9.78 Å². The number of anilines is 1. The summed E-state index contributed by atoms with van der Waals surface area (Å²) < 4.78 is 6.04. The fourth-order valence-electron chi connectivity index (χ4n) is 2.06. The molecule has 1 aromatic rings. The lowest BCUT2D eigenvalue weighted by Crippen LogP contribution is -2.40. The van der Waals surface area contributed by atoms with E-state index in [0.29, 0.717) is 0 Å². The first-order valence-corrected chi connectivity index (χ1v) is 7.61. The number of carbonyl (C=O) groups is 1. The van der Waals surface area contributed by atoms with E-state index in [9.17, 15) is 19.8 Å². The maximum atomic E-state index is 11.5. The van der Waals surface area contributed by atoms with Gasteiger partial charge in [-0.3, -0.25) is 4.57 Å². The minimum absolute atomic E-state index is 0.0869. The molecule has 0 bridgehead atoms. The lowest BCUT2D eigenvalue weighted by Gasteiger charge is -2.16.